The van der Waals surface area contributed by atoms with E-state index < -0.39 is 0 Å². The van der Waals surface area contributed by atoms with Gasteiger partial charge in [0, 0.05) is 11.4 Å². The first-order valence-electron chi connectivity index (χ1n) is 4.97. The smallest absolute Gasteiger partial charge is 0.201 e. The van der Waals surface area contributed by atoms with Crippen LogP contribution in [0.3, 0.4) is 0 Å². The summed E-state index contributed by atoms with van der Waals surface area (Å²) in [5, 5.41) is 3.05. The average Bonchev–Trinajstić information content (AvgIpc) is 2.48. The van der Waals surface area contributed by atoms with Crippen LogP contribution in [-0.2, 0) is 0 Å². The average molecular weight is 212 g/mol. The van der Waals surface area contributed by atoms with Gasteiger partial charge in [0.25, 0.3) is 0 Å². The predicted molar refractivity (Wildman–Crippen MR) is 66.8 cm³/mol. The van der Waals surface area contributed by atoms with Gasteiger partial charge in [0.2, 0.25) is 5.43 Å². The van der Waals surface area contributed by atoms with Crippen LogP contribution < -0.4 is 16.5 Å². The summed E-state index contributed by atoms with van der Waals surface area (Å²) in [5.41, 5.74) is 7.64. The molecule has 3 heteroatoms. The molecule has 0 aliphatic carbocycles. The highest BCUT2D eigenvalue weighted by Gasteiger charge is 1.96. The Balaban J connectivity index is 2.31. The molecule has 0 radical (unpaired) electrons. The van der Waals surface area contributed by atoms with E-state index in [0.717, 1.165) is 5.69 Å². The molecule has 0 bridgehead atoms. The van der Waals surface area contributed by atoms with E-state index in [1.54, 1.807) is 24.3 Å². The summed E-state index contributed by atoms with van der Waals surface area (Å²) in [7, 11) is 0. The van der Waals surface area contributed by atoms with Gasteiger partial charge < -0.3 is 11.1 Å². The van der Waals surface area contributed by atoms with Crippen molar-refractivity contribution in [2.45, 2.75) is 0 Å². The van der Waals surface area contributed by atoms with Crippen molar-refractivity contribution in [3.8, 4) is 0 Å². The highest BCUT2D eigenvalue weighted by atomic mass is 16.1. The number of hydrogen-bond donors (Lipinski definition) is 2. The molecule has 16 heavy (non-hydrogen) atoms. The summed E-state index contributed by atoms with van der Waals surface area (Å²) >= 11 is 0. The maximum Gasteiger partial charge on any atom is 0.201 e. The zero-order chi connectivity index (χ0) is 11.4. The normalized spacial score (nSPS) is 9.75. The molecule has 0 heterocycles. The van der Waals surface area contributed by atoms with Gasteiger partial charge in [0.05, 0.1) is 5.69 Å². The molecule has 0 aliphatic rings. The van der Waals surface area contributed by atoms with E-state index in [4.69, 9.17) is 5.73 Å². The topological polar surface area (TPSA) is 55.1 Å². The Morgan fingerprint density at radius 2 is 1.56 bits per heavy atom. The second-order valence-electron chi connectivity index (χ2n) is 3.44. The molecule has 0 saturated heterocycles. The van der Waals surface area contributed by atoms with E-state index >= 15 is 0 Å². The fourth-order valence-corrected chi connectivity index (χ4v) is 1.36. The van der Waals surface area contributed by atoms with Gasteiger partial charge >= 0.3 is 0 Å². The highest BCUT2D eigenvalue weighted by Crippen LogP contribution is 2.14. The minimum Gasteiger partial charge on any atom is -0.399 e. The van der Waals surface area contributed by atoms with E-state index in [-0.39, 0.29) is 5.43 Å². The van der Waals surface area contributed by atoms with Crippen molar-refractivity contribution < 1.29 is 0 Å². The van der Waals surface area contributed by atoms with Crippen LogP contribution in [0.1, 0.15) is 0 Å². The number of nitrogens with two attached hydrogens (primary N) is 1. The van der Waals surface area contributed by atoms with Gasteiger partial charge in [-0.05, 0) is 36.4 Å². The zero-order valence-corrected chi connectivity index (χ0v) is 8.68. The fraction of sp³-hybridized carbons (Fsp3) is 0. The van der Waals surface area contributed by atoms with E-state index in [0.29, 0.717) is 11.4 Å². The molecular weight excluding hydrogens is 200 g/mol. The summed E-state index contributed by atoms with van der Waals surface area (Å²) in [6.07, 6.45) is 0. The molecule has 0 fully saturated rings. The Kier molecular flexibility index (Phi) is 2.87. The van der Waals surface area contributed by atoms with Crippen molar-refractivity contribution in [2.24, 2.45) is 0 Å². The van der Waals surface area contributed by atoms with E-state index in [2.05, 4.69) is 5.32 Å². The van der Waals surface area contributed by atoms with Crippen molar-refractivity contribution in [1.29, 1.82) is 0 Å². The number of hydrogen-bond acceptors (Lipinski definition) is 3. The second kappa shape index (κ2) is 4.49. The third-order valence-electron chi connectivity index (χ3n) is 2.19. The lowest BCUT2D eigenvalue weighted by molar-refractivity contribution is 1.53. The van der Waals surface area contributed by atoms with E-state index in [1.165, 1.54) is 6.07 Å². The van der Waals surface area contributed by atoms with Gasteiger partial charge in [-0.1, -0.05) is 18.2 Å². The largest absolute Gasteiger partial charge is 0.399 e. The minimum absolute atomic E-state index is 0.0400. The van der Waals surface area contributed by atoms with Gasteiger partial charge in [-0.15, -0.1) is 0 Å². The van der Waals surface area contributed by atoms with Crippen molar-refractivity contribution in [3.05, 3.63) is 64.8 Å². The molecule has 0 amide bonds. The van der Waals surface area contributed by atoms with Crippen molar-refractivity contribution >= 4 is 17.1 Å². The van der Waals surface area contributed by atoms with Crippen LogP contribution in [-0.4, -0.2) is 0 Å². The third kappa shape index (κ3) is 2.39. The van der Waals surface area contributed by atoms with Crippen molar-refractivity contribution in [1.82, 2.24) is 0 Å². The molecule has 0 aromatic heterocycles. The minimum atomic E-state index is -0.0400. The first-order valence-corrected chi connectivity index (χ1v) is 4.97. The quantitative estimate of drug-likeness (QED) is 0.751. The summed E-state index contributed by atoms with van der Waals surface area (Å²) in [6.45, 7) is 0. The summed E-state index contributed by atoms with van der Waals surface area (Å²) in [6, 6.07) is 15.9. The molecule has 0 atom stereocenters. The molecule has 80 valence electrons. The maximum absolute atomic E-state index is 11.6. The zero-order valence-electron chi connectivity index (χ0n) is 8.68. The monoisotopic (exact) mass is 212 g/mol. The molecule has 0 spiro atoms. The van der Waals surface area contributed by atoms with Crippen molar-refractivity contribution in [2.75, 3.05) is 11.1 Å². The molecule has 0 aliphatic heterocycles. The molecular formula is C13H12N2O. The van der Waals surface area contributed by atoms with Crippen LogP contribution in [0.25, 0.3) is 0 Å². The Morgan fingerprint density at radius 1 is 0.875 bits per heavy atom. The van der Waals surface area contributed by atoms with Gasteiger partial charge in [0.15, 0.2) is 0 Å². The number of nitrogen functional groups attached to an aromatic ring is 1. The van der Waals surface area contributed by atoms with Gasteiger partial charge in [-0.25, -0.2) is 0 Å². The number of anilines is 3. The Labute approximate surface area is 93.6 Å². The summed E-state index contributed by atoms with van der Waals surface area (Å²) in [5.74, 6) is 0. The fourth-order valence-electron chi connectivity index (χ4n) is 1.36. The third-order valence-corrected chi connectivity index (χ3v) is 2.19. The first kappa shape index (κ1) is 10.2. The maximum atomic E-state index is 11.6. The molecule has 0 saturated carbocycles. The number of nitrogens with one attached hydrogen (secondary N) is 1. The molecule has 0 unspecified atom stereocenters. The van der Waals surface area contributed by atoms with Gasteiger partial charge in [-0.2, -0.15) is 0 Å². The SMILES string of the molecule is Nc1ccc(Nc2cccccc2=O)cc1. The molecule has 3 nitrogen and oxygen atoms in total. The lowest BCUT2D eigenvalue weighted by Gasteiger charge is -2.03. The van der Waals surface area contributed by atoms with Gasteiger partial charge in [-0.3, -0.25) is 4.79 Å². The standard InChI is InChI=1S/C13H12N2O/c14-10-6-8-11(9-7-10)15-12-4-2-1-3-5-13(12)16/h1-9H,14H2,(H,15,16). The Morgan fingerprint density at radius 3 is 2.31 bits per heavy atom. The summed E-state index contributed by atoms with van der Waals surface area (Å²) < 4.78 is 0. The number of benzene rings is 1. The van der Waals surface area contributed by atoms with Gasteiger partial charge in [0.1, 0.15) is 0 Å². The molecule has 3 N–H and O–H groups in total. The highest BCUT2D eigenvalue weighted by molar-refractivity contribution is 5.61. The van der Waals surface area contributed by atoms with E-state index in [1.807, 2.05) is 24.3 Å². The van der Waals surface area contributed by atoms with Crippen LogP contribution in [0.5, 0.6) is 0 Å². The van der Waals surface area contributed by atoms with Crippen LogP contribution in [0.2, 0.25) is 0 Å². The van der Waals surface area contributed by atoms with Crippen LogP contribution in [0.15, 0.2) is 59.4 Å². The van der Waals surface area contributed by atoms with Crippen LogP contribution in [0.4, 0.5) is 17.1 Å². The molecule has 2 aromatic carbocycles. The first-order chi connectivity index (χ1) is 7.75. The van der Waals surface area contributed by atoms with Crippen LogP contribution in [0, 0.1) is 0 Å². The summed E-state index contributed by atoms with van der Waals surface area (Å²) in [4.78, 5) is 11.6. The Bertz CT molecular complexity index is 535. The molecule has 2 rings (SSSR count). The van der Waals surface area contributed by atoms with Crippen molar-refractivity contribution in [3.63, 3.8) is 0 Å². The van der Waals surface area contributed by atoms with Crippen LogP contribution >= 0.6 is 0 Å². The predicted octanol–water partition coefficient (Wildman–Crippen LogP) is 2.37. The van der Waals surface area contributed by atoms with E-state index in [9.17, 15) is 4.79 Å². The number of rotatable bonds is 2. The molecule has 2 aromatic rings. The lowest BCUT2D eigenvalue weighted by Crippen LogP contribution is -2.03. The Hall–Kier alpha value is -2.29. The lowest BCUT2D eigenvalue weighted by atomic mass is 10.3. The second-order valence-corrected chi connectivity index (χ2v) is 3.44.